The van der Waals surface area contributed by atoms with Crippen molar-refractivity contribution in [1.29, 1.82) is 0 Å². The van der Waals surface area contributed by atoms with E-state index in [0.29, 0.717) is 11.8 Å². The second kappa shape index (κ2) is 2.54. The molecule has 1 nitrogen and oxygen atoms in total. The highest BCUT2D eigenvalue weighted by atomic mass is 16.3. The molecular formula is C9H16O. The molecular weight excluding hydrogens is 124 g/mol. The number of aliphatic hydroxyl groups is 1. The van der Waals surface area contributed by atoms with Crippen LogP contribution in [0.3, 0.4) is 0 Å². The summed E-state index contributed by atoms with van der Waals surface area (Å²) in [6, 6.07) is 0. The Balaban J connectivity index is 1.84. The molecule has 2 saturated carbocycles. The molecule has 0 saturated heterocycles. The van der Waals surface area contributed by atoms with Crippen molar-refractivity contribution in [3.8, 4) is 0 Å². The van der Waals surface area contributed by atoms with Crippen LogP contribution < -0.4 is 0 Å². The monoisotopic (exact) mass is 140 g/mol. The van der Waals surface area contributed by atoms with E-state index in [1.54, 1.807) is 0 Å². The zero-order valence-electron chi connectivity index (χ0n) is 6.42. The molecule has 1 heteroatoms. The molecule has 0 radical (unpaired) electrons. The van der Waals surface area contributed by atoms with E-state index in [0.717, 1.165) is 0 Å². The van der Waals surface area contributed by atoms with Gasteiger partial charge in [0.15, 0.2) is 0 Å². The first-order valence-electron chi connectivity index (χ1n) is 4.56. The molecule has 58 valence electrons. The normalized spacial score (nSPS) is 30.9. The van der Waals surface area contributed by atoms with E-state index < -0.39 is 0 Å². The number of rotatable bonds is 2. The molecule has 1 unspecified atom stereocenters. The molecule has 2 fully saturated rings. The first-order valence-corrected chi connectivity index (χ1v) is 4.56. The minimum atomic E-state index is 0.0718. The molecule has 0 spiro atoms. The number of hydrogen-bond donors (Lipinski definition) is 1. The van der Waals surface area contributed by atoms with Gasteiger partial charge in [0.1, 0.15) is 0 Å². The Morgan fingerprint density at radius 2 is 1.40 bits per heavy atom. The van der Waals surface area contributed by atoms with E-state index in [1.165, 1.54) is 38.5 Å². The highest BCUT2D eigenvalue weighted by Gasteiger charge is 2.35. The highest BCUT2D eigenvalue weighted by molar-refractivity contribution is 4.87. The Bertz CT molecular complexity index is 112. The van der Waals surface area contributed by atoms with Gasteiger partial charge in [-0.05, 0) is 37.5 Å². The van der Waals surface area contributed by atoms with Gasteiger partial charge in [-0.15, -0.1) is 0 Å². The van der Waals surface area contributed by atoms with Gasteiger partial charge in [0.2, 0.25) is 0 Å². The largest absolute Gasteiger partial charge is 0.393 e. The summed E-state index contributed by atoms with van der Waals surface area (Å²) >= 11 is 0. The summed E-state index contributed by atoms with van der Waals surface area (Å²) in [6.07, 6.45) is 7.94. The Morgan fingerprint density at radius 3 is 1.90 bits per heavy atom. The average molecular weight is 140 g/mol. The summed E-state index contributed by atoms with van der Waals surface area (Å²) in [5.74, 6) is 1.37. The van der Waals surface area contributed by atoms with E-state index in [-0.39, 0.29) is 6.10 Å². The number of hydrogen-bond acceptors (Lipinski definition) is 1. The van der Waals surface area contributed by atoms with Gasteiger partial charge in [-0.25, -0.2) is 0 Å². The second-order valence-corrected chi connectivity index (χ2v) is 3.87. The van der Waals surface area contributed by atoms with Crippen LogP contribution in [-0.4, -0.2) is 11.2 Å². The maximum Gasteiger partial charge on any atom is 0.0596 e. The van der Waals surface area contributed by atoms with Crippen LogP contribution in [0.1, 0.15) is 38.5 Å². The Morgan fingerprint density at radius 1 is 0.900 bits per heavy atom. The molecule has 0 aromatic rings. The molecule has 2 aliphatic carbocycles. The van der Waals surface area contributed by atoms with Crippen molar-refractivity contribution in [2.75, 3.05) is 0 Å². The molecule has 2 aliphatic rings. The van der Waals surface area contributed by atoms with Gasteiger partial charge in [0.25, 0.3) is 0 Å². The third kappa shape index (κ3) is 1.20. The van der Waals surface area contributed by atoms with Crippen molar-refractivity contribution in [2.45, 2.75) is 44.6 Å². The van der Waals surface area contributed by atoms with Gasteiger partial charge >= 0.3 is 0 Å². The maximum atomic E-state index is 9.69. The van der Waals surface area contributed by atoms with Gasteiger partial charge < -0.3 is 5.11 Å². The van der Waals surface area contributed by atoms with E-state index >= 15 is 0 Å². The molecule has 0 aromatic heterocycles. The van der Waals surface area contributed by atoms with E-state index in [1.807, 2.05) is 0 Å². The van der Waals surface area contributed by atoms with Gasteiger partial charge in [-0.2, -0.15) is 0 Å². The minimum Gasteiger partial charge on any atom is -0.393 e. The number of aliphatic hydroxyl groups excluding tert-OH is 1. The third-order valence-corrected chi connectivity index (χ3v) is 2.99. The zero-order valence-corrected chi connectivity index (χ0v) is 6.42. The lowest BCUT2D eigenvalue weighted by Crippen LogP contribution is -2.19. The highest BCUT2D eigenvalue weighted by Crippen LogP contribution is 2.40. The summed E-state index contributed by atoms with van der Waals surface area (Å²) in [5.41, 5.74) is 0. The predicted molar refractivity (Wildman–Crippen MR) is 40.7 cm³/mol. The summed E-state index contributed by atoms with van der Waals surface area (Å²) < 4.78 is 0. The van der Waals surface area contributed by atoms with E-state index in [2.05, 4.69) is 0 Å². The van der Waals surface area contributed by atoms with Gasteiger partial charge in [-0.1, -0.05) is 12.8 Å². The summed E-state index contributed by atoms with van der Waals surface area (Å²) in [6.45, 7) is 0. The lowest BCUT2D eigenvalue weighted by atomic mass is 9.97. The maximum absolute atomic E-state index is 9.69. The average Bonchev–Trinajstić information content (AvgIpc) is 2.65. The fraction of sp³-hybridized carbons (Fsp3) is 1.00. The first-order chi connectivity index (χ1) is 4.88. The smallest absolute Gasteiger partial charge is 0.0596 e. The van der Waals surface area contributed by atoms with E-state index in [9.17, 15) is 5.11 Å². The van der Waals surface area contributed by atoms with Crippen LogP contribution in [-0.2, 0) is 0 Å². The molecule has 0 aliphatic heterocycles. The zero-order chi connectivity index (χ0) is 6.97. The van der Waals surface area contributed by atoms with Crippen LogP contribution >= 0.6 is 0 Å². The predicted octanol–water partition coefficient (Wildman–Crippen LogP) is 1.95. The summed E-state index contributed by atoms with van der Waals surface area (Å²) in [4.78, 5) is 0. The minimum absolute atomic E-state index is 0.0718. The van der Waals surface area contributed by atoms with E-state index in [4.69, 9.17) is 0 Å². The third-order valence-electron chi connectivity index (χ3n) is 2.99. The Labute approximate surface area is 62.4 Å². The SMILES string of the molecule is OC(C1CCCC1)C1CC1. The van der Waals surface area contributed by atoms with Gasteiger partial charge in [0, 0.05) is 0 Å². The van der Waals surface area contributed by atoms with Crippen LogP contribution in [0.2, 0.25) is 0 Å². The first kappa shape index (κ1) is 6.66. The van der Waals surface area contributed by atoms with Gasteiger partial charge in [-0.3, -0.25) is 0 Å². The van der Waals surface area contributed by atoms with Crippen molar-refractivity contribution >= 4 is 0 Å². The van der Waals surface area contributed by atoms with Crippen molar-refractivity contribution < 1.29 is 5.11 Å². The molecule has 0 bridgehead atoms. The topological polar surface area (TPSA) is 20.2 Å². The molecule has 0 amide bonds. The molecule has 2 rings (SSSR count). The van der Waals surface area contributed by atoms with Crippen molar-refractivity contribution in [1.82, 2.24) is 0 Å². The molecule has 0 heterocycles. The Kier molecular flexibility index (Phi) is 1.69. The summed E-state index contributed by atoms with van der Waals surface area (Å²) in [5, 5.41) is 9.69. The summed E-state index contributed by atoms with van der Waals surface area (Å²) in [7, 11) is 0. The molecule has 10 heavy (non-hydrogen) atoms. The van der Waals surface area contributed by atoms with Crippen LogP contribution in [0.15, 0.2) is 0 Å². The quantitative estimate of drug-likeness (QED) is 0.621. The fourth-order valence-electron chi connectivity index (χ4n) is 2.12. The lowest BCUT2D eigenvalue weighted by molar-refractivity contribution is 0.0895. The lowest BCUT2D eigenvalue weighted by Gasteiger charge is -2.15. The fourth-order valence-corrected chi connectivity index (χ4v) is 2.12. The van der Waals surface area contributed by atoms with Crippen LogP contribution in [0.25, 0.3) is 0 Å². The van der Waals surface area contributed by atoms with Crippen LogP contribution in [0.5, 0.6) is 0 Å². The standard InChI is InChI=1S/C9H16O/c10-9(8-5-6-8)7-3-1-2-4-7/h7-10H,1-6H2. The Hall–Kier alpha value is -0.0400. The van der Waals surface area contributed by atoms with Crippen LogP contribution in [0, 0.1) is 11.8 Å². The van der Waals surface area contributed by atoms with Gasteiger partial charge in [0.05, 0.1) is 6.10 Å². The van der Waals surface area contributed by atoms with Crippen molar-refractivity contribution in [3.05, 3.63) is 0 Å². The molecule has 0 aromatic carbocycles. The molecule has 1 atom stereocenters. The second-order valence-electron chi connectivity index (χ2n) is 3.87. The van der Waals surface area contributed by atoms with Crippen LogP contribution in [0.4, 0.5) is 0 Å². The van der Waals surface area contributed by atoms with Crippen molar-refractivity contribution in [3.63, 3.8) is 0 Å². The molecule has 1 N–H and O–H groups in total. The van der Waals surface area contributed by atoms with Crippen molar-refractivity contribution in [2.24, 2.45) is 11.8 Å².